The van der Waals surface area contributed by atoms with Crippen molar-refractivity contribution in [3.8, 4) is 0 Å². The first kappa shape index (κ1) is 12.4. The zero-order chi connectivity index (χ0) is 12.5. The number of carbonyl (C=O) groups is 1. The van der Waals surface area contributed by atoms with Crippen LogP contribution in [0.15, 0.2) is 18.2 Å². The highest BCUT2D eigenvalue weighted by molar-refractivity contribution is 5.79. The van der Waals surface area contributed by atoms with Crippen molar-refractivity contribution in [3.05, 3.63) is 29.3 Å². The zero-order valence-corrected chi connectivity index (χ0v) is 8.38. The number of aliphatic carboxylic acids is 1. The first-order chi connectivity index (χ1) is 7.25. The molecule has 16 heavy (non-hydrogen) atoms. The van der Waals surface area contributed by atoms with Gasteiger partial charge in [0.25, 0.3) is 0 Å². The van der Waals surface area contributed by atoms with Gasteiger partial charge in [0.1, 0.15) is 0 Å². The maximum Gasteiger partial charge on any atom is 0.416 e. The molecule has 0 bridgehead atoms. The minimum atomic E-state index is -4.60. The van der Waals surface area contributed by atoms with Crippen molar-refractivity contribution in [3.63, 3.8) is 0 Å². The van der Waals surface area contributed by atoms with Crippen LogP contribution in [-0.4, -0.2) is 11.1 Å². The summed E-state index contributed by atoms with van der Waals surface area (Å²) in [6.45, 7) is 1.17. The van der Waals surface area contributed by atoms with Crippen LogP contribution < -0.4 is 5.73 Å². The quantitative estimate of drug-likeness (QED) is 0.771. The highest BCUT2D eigenvalue weighted by Gasteiger charge is 2.36. The Bertz CT molecular complexity index is 415. The third-order valence-corrected chi connectivity index (χ3v) is 2.25. The van der Waals surface area contributed by atoms with Crippen molar-refractivity contribution in [2.45, 2.75) is 19.0 Å². The van der Waals surface area contributed by atoms with Crippen molar-refractivity contribution in [1.29, 1.82) is 0 Å². The highest BCUT2D eigenvalue weighted by atomic mass is 19.4. The van der Waals surface area contributed by atoms with Crippen LogP contribution in [0.25, 0.3) is 0 Å². The molecule has 0 spiro atoms. The second-order valence-corrected chi connectivity index (χ2v) is 3.37. The van der Waals surface area contributed by atoms with Crippen LogP contribution in [0.3, 0.4) is 0 Å². The first-order valence-corrected chi connectivity index (χ1v) is 4.43. The van der Waals surface area contributed by atoms with E-state index in [1.165, 1.54) is 13.0 Å². The van der Waals surface area contributed by atoms with E-state index < -0.39 is 23.6 Å². The van der Waals surface area contributed by atoms with E-state index in [2.05, 4.69) is 0 Å². The van der Waals surface area contributed by atoms with E-state index in [1.54, 1.807) is 0 Å². The lowest BCUT2D eigenvalue weighted by Crippen LogP contribution is -2.17. The molecule has 1 unspecified atom stereocenters. The summed E-state index contributed by atoms with van der Waals surface area (Å²) >= 11 is 0. The molecule has 0 aliphatic heterocycles. The van der Waals surface area contributed by atoms with Gasteiger partial charge in [-0.1, -0.05) is 6.07 Å². The number of rotatable bonds is 2. The molecule has 1 aromatic rings. The molecule has 0 fully saturated rings. The molecule has 1 rings (SSSR count). The van der Waals surface area contributed by atoms with Crippen LogP contribution >= 0.6 is 0 Å². The number of nitrogens with two attached hydrogens (primary N) is 1. The molecule has 3 nitrogen and oxygen atoms in total. The molecule has 88 valence electrons. The first-order valence-electron chi connectivity index (χ1n) is 4.43. The topological polar surface area (TPSA) is 63.3 Å². The maximum atomic E-state index is 12.6. The Morgan fingerprint density at radius 3 is 2.44 bits per heavy atom. The van der Waals surface area contributed by atoms with Gasteiger partial charge in [0, 0.05) is 11.3 Å². The molecular weight excluding hydrogens is 223 g/mol. The molecule has 0 heterocycles. The zero-order valence-electron chi connectivity index (χ0n) is 8.38. The fourth-order valence-electron chi connectivity index (χ4n) is 1.44. The molecule has 3 N–H and O–H groups in total. The largest absolute Gasteiger partial charge is 0.481 e. The molecule has 0 radical (unpaired) electrons. The fourth-order valence-corrected chi connectivity index (χ4v) is 1.44. The molecule has 0 aliphatic carbocycles. The van der Waals surface area contributed by atoms with Crippen molar-refractivity contribution < 1.29 is 23.1 Å². The lowest BCUT2D eigenvalue weighted by Gasteiger charge is -2.17. The third-order valence-electron chi connectivity index (χ3n) is 2.25. The Hall–Kier alpha value is -1.72. The molecule has 0 aliphatic rings. The molecule has 1 aromatic carbocycles. The Balaban J connectivity index is 3.41. The van der Waals surface area contributed by atoms with Gasteiger partial charge in [-0.3, -0.25) is 4.79 Å². The summed E-state index contributed by atoms with van der Waals surface area (Å²) in [5, 5.41) is 8.73. The molecule has 0 saturated heterocycles. The highest BCUT2D eigenvalue weighted by Crippen LogP contribution is 2.37. The fraction of sp³-hybridized carbons (Fsp3) is 0.300. The van der Waals surface area contributed by atoms with Crippen molar-refractivity contribution in [2.75, 3.05) is 5.73 Å². The van der Waals surface area contributed by atoms with Gasteiger partial charge in [0.05, 0.1) is 11.5 Å². The van der Waals surface area contributed by atoms with Crippen LogP contribution in [0.4, 0.5) is 18.9 Å². The Kier molecular flexibility index (Phi) is 3.11. The van der Waals surface area contributed by atoms with E-state index in [4.69, 9.17) is 10.8 Å². The molecule has 1 atom stereocenters. The van der Waals surface area contributed by atoms with Crippen molar-refractivity contribution in [2.24, 2.45) is 0 Å². The number of benzene rings is 1. The van der Waals surface area contributed by atoms with E-state index >= 15 is 0 Å². The van der Waals surface area contributed by atoms with E-state index in [0.717, 1.165) is 12.1 Å². The SMILES string of the molecule is CC(C(=O)O)c1c(N)cccc1C(F)(F)F. The lowest BCUT2D eigenvalue weighted by molar-refractivity contribution is -0.141. The van der Waals surface area contributed by atoms with Gasteiger partial charge in [0.15, 0.2) is 0 Å². The maximum absolute atomic E-state index is 12.6. The minimum Gasteiger partial charge on any atom is -0.481 e. The molecule has 0 aromatic heterocycles. The second kappa shape index (κ2) is 4.03. The monoisotopic (exact) mass is 233 g/mol. The van der Waals surface area contributed by atoms with Gasteiger partial charge in [-0.15, -0.1) is 0 Å². The van der Waals surface area contributed by atoms with Gasteiger partial charge in [-0.05, 0) is 19.1 Å². The summed E-state index contributed by atoms with van der Waals surface area (Å²) in [6.07, 6.45) is -4.60. The van der Waals surface area contributed by atoms with Crippen molar-refractivity contribution >= 4 is 11.7 Å². The van der Waals surface area contributed by atoms with Crippen LogP contribution in [0.5, 0.6) is 0 Å². The number of anilines is 1. The number of hydrogen-bond acceptors (Lipinski definition) is 2. The number of hydrogen-bond donors (Lipinski definition) is 2. The number of alkyl halides is 3. The van der Waals surface area contributed by atoms with E-state index in [9.17, 15) is 18.0 Å². The number of carboxylic acid groups (broad SMARTS) is 1. The van der Waals surface area contributed by atoms with E-state index in [0.29, 0.717) is 0 Å². The Morgan fingerprint density at radius 2 is 2.00 bits per heavy atom. The number of nitrogen functional groups attached to an aromatic ring is 1. The Morgan fingerprint density at radius 1 is 1.44 bits per heavy atom. The van der Waals surface area contributed by atoms with Gasteiger partial charge in [-0.25, -0.2) is 0 Å². The minimum absolute atomic E-state index is 0.162. The summed E-state index contributed by atoms with van der Waals surface area (Å²) in [5.41, 5.74) is 3.85. The van der Waals surface area contributed by atoms with Gasteiger partial charge < -0.3 is 10.8 Å². The molecule has 0 saturated carbocycles. The number of halogens is 3. The lowest BCUT2D eigenvalue weighted by atomic mass is 9.93. The smallest absolute Gasteiger partial charge is 0.416 e. The van der Waals surface area contributed by atoms with E-state index in [-0.39, 0.29) is 11.3 Å². The average Bonchev–Trinajstić information content (AvgIpc) is 2.14. The van der Waals surface area contributed by atoms with Crippen molar-refractivity contribution in [1.82, 2.24) is 0 Å². The third kappa shape index (κ3) is 2.26. The van der Waals surface area contributed by atoms with Gasteiger partial charge in [0.2, 0.25) is 0 Å². The predicted molar refractivity (Wildman–Crippen MR) is 51.9 cm³/mol. The summed E-state index contributed by atoms with van der Waals surface area (Å²) in [7, 11) is 0. The van der Waals surface area contributed by atoms with Crippen LogP contribution in [0.1, 0.15) is 24.0 Å². The van der Waals surface area contributed by atoms with E-state index in [1.807, 2.05) is 0 Å². The number of carboxylic acids is 1. The second-order valence-electron chi connectivity index (χ2n) is 3.37. The van der Waals surface area contributed by atoms with Gasteiger partial charge in [-0.2, -0.15) is 13.2 Å². The average molecular weight is 233 g/mol. The molecule has 6 heteroatoms. The normalized spacial score (nSPS) is 13.5. The Labute approximate surface area is 89.7 Å². The van der Waals surface area contributed by atoms with Gasteiger partial charge >= 0.3 is 12.1 Å². The van der Waals surface area contributed by atoms with Crippen LogP contribution in [0, 0.1) is 0 Å². The van der Waals surface area contributed by atoms with Crippen LogP contribution in [0.2, 0.25) is 0 Å². The summed E-state index contributed by atoms with van der Waals surface area (Å²) in [5.74, 6) is -2.64. The standard InChI is InChI=1S/C10H10F3NO2/c1-5(9(15)16)8-6(10(11,12)13)3-2-4-7(8)14/h2-5H,14H2,1H3,(H,15,16). The summed E-state index contributed by atoms with van der Waals surface area (Å²) < 4.78 is 37.8. The predicted octanol–water partition coefficient (Wildman–Crippen LogP) is 2.48. The van der Waals surface area contributed by atoms with Crippen LogP contribution in [-0.2, 0) is 11.0 Å². The molecule has 0 amide bonds. The molecular formula is C10H10F3NO2. The summed E-state index contributed by atoms with van der Waals surface area (Å²) in [6, 6.07) is 3.23. The summed E-state index contributed by atoms with van der Waals surface area (Å²) in [4.78, 5) is 10.7.